The third kappa shape index (κ3) is 5.02. The van der Waals surface area contributed by atoms with Crippen molar-refractivity contribution in [3.63, 3.8) is 0 Å². The second kappa shape index (κ2) is 8.91. The Hall–Kier alpha value is -4.14. The van der Waals surface area contributed by atoms with E-state index in [9.17, 15) is 9.18 Å². The minimum Gasteiger partial charge on any atom is -0.439 e. The molecule has 4 aromatic rings. The molecular weight excluding hydrogens is 387 g/mol. The van der Waals surface area contributed by atoms with E-state index in [0.717, 1.165) is 16.8 Å². The van der Waals surface area contributed by atoms with Crippen molar-refractivity contribution >= 4 is 5.91 Å². The van der Waals surface area contributed by atoms with Crippen molar-refractivity contribution in [3.05, 3.63) is 90.1 Å². The van der Waals surface area contributed by atoms with Crippen molar-refractivity contribution < 1.29 is 13.9 Å². The third-order valence-corrected chi connectivity index (χ3v) is 4.24. The molecule has 0 bridgehead atoms. The van der Waals surface area contributed by atoms with Crippen molar-refractivity contribution in [3.8, 4) is 17.3 Å². The van der Waals surface area contributed by atoms with Gasteiger partial charge in [0.2, 0.25) is 11.8 Å². The predicted octanol–water partition coefficient (Wildman–Crippen LogP) is 2.85. The van der Waals surface area contributed by atoms with Crippen molar-refractivity contribution in [1.29, 1.82) is 0 Å². The first-order valence-electron chi connectivity index (χ1n) is 9.13. The number of nitrogens with zero attached hydrogens (tertiary/aromatic N) is 5. The van der Waals surface area contributed by atoms with Gasteiger partial charge in [-0.05, 0) is 64.0 Å². The molecule has 0 unspecified atom stereocenters. The van der Waals surface area contributed by atoms with E-state index in [1.807, 2.05) is 24.3 Å². The van der Waals surface area contributed by atoms with E-state index < -0.39 is 0 Å². The van der Waals surface area contributed by atoms with Gasteiger partial charge in [0.1, 0.15) is 17.9 Å². The molecule has 150 valence electrons. The quantitative estimate of drug-likeness (QED) is 0.509. The lowest BCUT2D eigenvalue weighted by atomic mass is 10.1. The summed E-state index contributed by atoms with van der Waals surface area (Å²) < 4.78 is 20.1. The van der Waals surface area contributed by atoms with Gasteiger partial charge in [-0.15, -0.1) is 5.10 Å². The van der Waals surface area contributed by atoms with Crippen LogP contribution in [0.2, 0.25) is 0 Å². The van der Waals surface area contributed by atoms with Crippen molar-refractivity contribution in [2.24, 2.45) is 0 Å². The molecule has 1 amide bonds. The summed E-state index contributed by atoms with van der Waals surface area (Å²) >= 11 is 0. The van der Waals surface area contributed by atoms with E-state index >= 15 is 0 Å². The van der Waals surface area contributed by atoms with E-state index in [1.54, 1.807) is 23.0 Å². The van der Waals surface area contributed by atoms with Crippen LogP contribution in [0.15, 0.2) is 73.2 Å². The lowest BCUT2D eigenvalue weighted by Crippen LogP contribution is -2.24. The van der Waals surface area contributed by atoms with E-state index in [1.165, 1.54) is 30.6 Å². The topological polar surface area (TPSA) is 94.8 Å². The standard InChI is InChI=1S/C21H17FN6O2/c22-17-3-7-19(8-4-17)30-21-12-16(9-10-23-21)13-24-20(29)11-15-1-5-18(6-2-15)28-14-25-26-27-28/h1-10,12,14H,11,13H2,(H,24,29). The molecular formula is C21H17FN6O2. The van der Waals surface area contributed by atoms with Crippen LogP contribution in [0.1, 0.15) is 11.1 Å². The summed E-state index contributed by atoms with van der Waals surface area (Å²) in [7, 11) is 0. The Kier molecular flexibility index (Phi) is 5.70. The van der Waals surface area contributed by atoms with Crippen LogP contribution in [0.4, 0.5) is 4.39 Å². The Morgan fingerprint density at radius 1 is 1.03 bits per heavy atom. The number of aromatic nitrogens is 5. The smallest absolute Gasteiger partial charge is 0.224 e. The fourth-order valence-electron chi connectivity index (χ4n) is 2.73. The highest BCUT2D eigenvalue weighted by molar-refractivity contribution is 5.78. The Bertz CT molecular complexity index is 1120. The molecule has 8 nitrogen and oxygen atoms in total. The van der Waals surface area contributed by atoms with Crippen LogP contribution in [-0.4, -0.2) is 31.1 Å². The Balaban J connectivity index is 1.31. The molecule has 0 fully saturated rings. The Labute approximate surface area is 171 Å². The first kappa shape index (κ1) is 19.2. The van der Waals surface area contributed by atoms with Gasteiger partial charge in [0.05, 0.1) is 12.1 Å². The van der Waals surface area contributed by atoms with Crippen molar-refractivity contribution in [2.45, 2.75) is 13.0 Å². The molecule has 0 saturated heterocycles. The fourth-order valence-corrected chi connectivity index (χ4v) is 2.73. The number of tetrazole rings is 1. The molecule has 0 aliphatic rings. The lowest BCUT2D eigenvalue weighted by Gasteiger charge is -2.08. The summed E-state index contributed by atoms with van der Waals surface area (Å²) in [5.74, 6) is 0.404. The molecule has 0 radical (unpaired) electrons. The molecule has 0 spiro atoms. The molecule has 30 heavy (non-hydrogen) atoms. The molecule has 0 saturated carbocycles. The van der Waals surface area contributed by atoms with E-state index in [0.29, 0.717) is 18.2 Å². The maximum absolute atomic E-state index is 13.0. The number of amides is 1. The van der Waals surface area contributed by atoms with Gasteiger partial charge in [-0.25, -0.2) is 14.1 Å². The third-order valence-electron chi connectivity index (χ3n) is 4.24. The number of benzene rings is 2. The Morgan fingerprint density at radius 2 is 1.83 bits per heavy atom. The zero-order valence-electron chi connectivity index (χ0n) is 15.8. The van der Waals surface area contributed by atoms with Gasteiger partial charge in [0.15, 0.2) is 0 Å². The SMILES string of the molecule is O=C(Cc1ccc(-n2cnnn2)cc1)NCc1ccnc(Oc2ccc(F)cc2)c1. The van der Waals surface area contributed by atoms with Gasteiger partial charge in [-0.2, -0.15) is 0 Å². The number of rotatable bonds is 7. The molecule has 0 atom stereocenters. The van der Waals surface area contributed by atoms with Gasteiger partial charge >= 0.3 is 0 Å². The predicted molar refractivity (Wildman–Crippen MR) is 105 cm³/mol. The number of nitrogens with one attached hydrogen (secondary N) is 1. The zero-order valence-corrected chi connectivity index (χ0v) is 15.8. The Morgan fingerprint density at radius 3 is 2.57 bits per heavy atom. The van der Waals surface area contributed by atoms with Gasteiger partial charge in [0.25, 0.3) is 0 Å². The van der Waals surface area contributed by atoms with Crippen LogP contribution < -0.4 is 10.1 Å². The molecule has 0 aliphatic carbocycles. The van der Waals surface area contributed by atoms with Crippen LogP contribution in [0.5, 0.6) is 11.6 Å². The molecule has 0 aliphatic heterocycles. The highest BCUT2D eigenvalue weighted by atomic mass is 19.1. The van der Waals surface area contributed by atoms with E-state index in [-0.39, 0.29) is 18.1 Å². The van der Waals surface area contributed by atoms with Gasteiger partial charge in [0, 0.05) is 18.8 Å². The molecule has 9 heteroatoms. The highest BCUT2D eigenvalue weighted by Gasteiger charge is 2.06. The first-order valence-corrected chi connectivity index (χ1v) is 9.13. The molecule has 4 rings (SSSR count). The average Bonchev–Trinajstić information content (AvgIpc) is 3.30. The molecule has 1 N–H and O–H groups in total. The second-order valence-corrected chi connectivity index (χ2v) is 6.43. The number of halogens is 1. The average molecular weight is 404 g/mol. The minimum absolute atomic E-state index is 0.108. The summed E-state index contributed by atoms with van der Waals surface area (Å²) in [5, 5.41) is 13.9. The highest BCUT2D eigenvalue weighted by Crippen LogP contribution is 2.20. The number of ether oxygens (including phenoxy) is 1. The largest absolute Gasteiger partial charge is 0.439 e. The second-order valence-electron chi connectivity index (χ2n) is 6.43. The maximum atomic E-state index is 13.0. The van der Waals surface area contributed by atoms with Crippen LogP contribution in [0, 0.1) is 5.82 Å². The van der Waals surface area contributed by atoms with Crippen LogP contribution in [-0.2, 0) is 17.8 Å². The number of carbonyl (C=O) groups is 1. The minimum atomic E-state index is -0.336. The van der Waals surface area contributed by atoms with E-state index in [4.69, 9.17) is 4.74 Å². The van der Waals surface area contributed by atoms with E-state index in [2.05, 4.69) is 25.8 Å². The zero-order chi connectivity index (χ0) is 20.8. The number of carbonyl (C=O) groups excluding carboxylic acids is 1. The van der Waals surface area contributed by atoms with Gasteiger partial charge < -0.3 is 10.1 Å². The summed E-state index contributed by atoms with van der Waals surface area (Å²) in [6, 6.07) is 16.6. The first-order chi connectivity index (χ1) is 14.7. The summed E-state index contributed by atoms with van der Waals surface area (Å²) in [4.78, 5) is 16.4. The summed E-state index contributed by atoms with van der Waals surface area (Å²) in [6.45, 7) is 0.337. The van der Waals surface area contributed by atoms with Gasteiger partial charge in [-0.1, -0.05) is 12.1 Å². The fraction of sp³-hybridized carbons (Fsp3) is 0.0952. The molecule has 2 aromatic heterocycles. The van der Waals surface area contributed by atoms with Crippen LogP contribution in [0.25, 0.3) is 5.69 Å². The number of pyridine rings is 1. The summed E-state index contributed by atoms with van der Waals surface area (Å²) in [5.41, 5.74) is 2.53. The number of hydrogen-bond acceptors (Lipinski definition) is 6. The van der Waals surface area contributed by atoms with Gasteiger partial charge in [-0.3, -0.25) is 4.79 Å². The lowest BCUT2D eigenvalue weighted by molar-refractivity contribution is -0.120. The summed E-state index contributed by atoms with van der Waals surface area (Å²) in [6.07, 6.45) is 3.35. The monoisotopic (exact) mass is 404 g/mol. The molecule has 2 heterocycles. The van der Waals surface area contributed by atoms with Crippen LogP contribution >= 0.6 is 0 Å². The molecule has 2 aromatic carbocycles. The normalized spacial score (nSPS) is 10.6. The number of hydrogen-bond donors (Lipinski definition) is 1. The van der Waals surface area contributed by atoms with Crippen molar-refractivity contribution in [2.75, 3.05) is 0 Å². The van der Waals surface area contributed by atoms with Crippen molar-refractivity contribution in [1.82, 2.24) is 30.5 Å². The van der Waals surface area contributed by atoms with Crippen LogP contribution in [0.3, 0.4) is 0 Å². The maximum Gasteiger partial charge on any atom is 0.224 e.